The fourth-order valence-corrected chi connectivity index (χ4v) is 4.75. The number of rotatable bonds is 7. The first-order valence-electron chi connectivity index (χ1n) is 13.2. The van der Waals surface area contributed by atoms with Gasteiger partial charge in [0.2, 0.25) is 5.91 Å². The average Bonchev–Trinajstić information content (AvgIpc) is 3.72. The van der Waals surface area contributed by atoms with E-state index in [0.29, 0.717) is 31.4 Å². The summed E-state index contributed by atoms with van der Waals surface area (Å²) in [6, 6.07) is 6.04. The Bertz CT molecular complexity index is 1350. The van der Waals surface area contributed by atoms with Gasteiger partial charge in [0.1, 0.15) is 17.1 Å². The smallest absolute Gasteiger partial charge is 0.410 e. The van der Waals surface area contributed by atoms with E-state index >= 15 is 0 Å². The molecule has 2 saturated carbocycles. The Kier molecular flexibility index (Phi) is 5.81. The number of ether oxygens (including phenoxy) is 1. The molecule has 0 atom stereocenters. The van der Waals surface area contributed by atoms with Crippen molar-refractivity contribution in [2.45, 2.75) is 70.4 Å². The molecule has 0 spiro atoms. The molecule has 6 rings (SSSR count). The predicted octanol–water partition coefficient (Wildman–Crippen LogP) is 4.90. The van der Waals surface area contributed by atoms with Crippen molar-refractivity contribution in [3.05, 3.63) is 53.6 Å². The van der Waals surface area contributed by atoms with Crippen molar-refractivity contribution in [2.75, 3.05) is 23.7 Å². The van der Waals surface area contributed by atoms with Crippen LogP contribution in [0.4, 0.5) is 16.3 Å². The maximum Gasteiger partial charge on any atom is 0.410 e. The van der Waals surface area contributed by atoms with Crippen molar-refractivity contribution in [2.24, 2.45) is 5.92 Å². The fraction of sp³-hybridized carbons (Fsp3) is 0.500. The van der Waals surface area contributed by atoms with Gasteiger partial charge in [0.15, 0.2) is 0 Å². The SMILES string of the molecule is CC(C)(C)OC(=O)N1CC(c2cc(C3CC3)cn3cc(CNc4ccnc(NC(=O)C5CC5)c4)nc23)C1. The number of hydrogen-bond donors (Lipinski definition) is 2. The lowest BCUT2D eigenvalue weighted by Gasteiger charge is -2.40. The zero-order chi connectivity index (χ0) is 25.7. The molecule has 37 heavy (non-hydrogen) atoms. The number of carbonyl (C=O) groups excluding carboxylic acids is 2. The summed E-state index contributed by atoms with van der Waals surface area (Å²) in [5, 5.41) is 6.31. The molecule has 0 radical (unpaired) electrons. The minimum Gasteiger partial charge on any atom is -0.444 e. The van der Waals surface area contributed by atoms with Crippen molar-refractivity contribution in [3.63, 3.8) is 0 Å². The number of hydrogen-bond acceptors (Lipinski definition) is 6. The quantitative estimate of drug-likeness (QED) is 0.477. The topological polar surface area (TPSA) is 101 Å². The number of amides is 2. The second kappa shape index (κ2) is 9.04. The van der Waals surface area contributed by atoms with Crippen molar-refractivity contribution in [1.29, 1.82) is 0 Å². The highest BCUT2D eigenvalue weighted by Gasteiger charge is 2.37. The van der Waals surface area contributed by atoms with Gasteiger partial charge in [0, 0.05) is 60.8 Å². The van der Waals surface area contributed by atoms with E-state index in [0.717, 1.165) is 29.9 Å². The van der Waals surface area contributed by atoms with E-state index < -0.39 is 5.60 Å². The van der Waals surface area contributed by atoms with E-state index in [4.69, 9.17) is 9.72 Å². The lowest BCUT2D eigenvalue weighted by molar-refractivity contribution is -0.117. The Balaban J connectivity index is 1.16. The van der Waals surface area contributed by atoms with Crippen LogP contribution in [0, 0.1) is 5.92 Å². The Morgan fingerprint density at radius 1 is 1.08 bits per heavy atom. The maximum absolute atomic E-state index is 12.5. The number of fused-ring (bicyclic) bond motifs is 1. The van der Waals surface area contributed by atoms with Crippen LogP contribution < -0.4 is 10.6 Å². The number of carbonyl (C=O) groups is 2. The number of pyridine rings is 2. The van der Waals surface area contributed by atoms with Crippen molar-refractivity contribution in [3.8, 4) is 0 Å². The summed E-state index contributed by atoms with van der Waals surface area (Å²) < 4.78 is 7.68. The van der Waals surface area contributed by atoms with E-state index in [2.05, 4.69) is 38.5 Å². The number of nitrogens with zero attached hydrogens (tertiary/aromatic N) is 4. The molecule has 3 aliphatic rings. The molecule has 4 heterocycles. The number of aromatic nitrogens is 3. The van der Waals surface area contributed by atoms with Crippen LogP contribution in [0.25, 0.3) is 5.65 Å². The van der Waals surface area contributed by atoms with Crippen LogP contribution in [0.3, 0.4) is 0 Å². The molecule has 3 fully saturated rings. The lowest BCUT2D eigenvalue weighted by Crippen LogP contribution is -2.50. The second-order valence-electron chi connectivity index (χ2n) is 11.6. The lowest BCUT2D eigenvalue weighted by atomic mass is 9.91. The number of likely N-dealkylation sites (tertiary alicyclic amines) is 1. The molecule has 0 aromatic carbocycles. The van der Waals surface area contributed by atoms with Gasteiger partial charge < -0.3 is 24.7 Å². The molecule has 9 nitrogen and oxygen atoms in total. The van der Waals surface area contributed by atoms with E-state index in [-0.39, 0.29) is 23.8 Å². The van der Waals surface area contributed by atoms with Gasteiger partial charge in [0.05, 0.1) is 12.2 Å². The Morgan fingerprint density at radius 2 is 1.86 bits per heavy atom. The molecule has 1 saturated heterocycles. The largest absolute Gasteiger partial charge is 0.444 e. The molecule has 0 unspecified atom stereocenters. The van der Waals surface area contributed by atoms with Crippen LogP contribution in [0.5, 0.6) is 0 Å². The monoisotopic (exact) mass is 502 g/mol. The first-order chi connectivity index (χ1) is 17.7. The van der Waals surface area contributed by atoms with Crippen molar-refractivity contribution < 1.29 is 14.3 Å². The summed E-state index contributed by atoms with van der Waals surface area (Å²) in [5.41, 5.74) is 4.80. The van der Waals surface area contributed by atoms with Crippen LogP contribution >= 0.6 is 0 Å². The van der Waals surface area contributed by atoms with Crippen molar-refractivity contribution >= 4 is 29.2 Å². The highest BCUT2D eigenvalue weighted by molar-refractivity contribution is 5.93. The van der Waals surface area contributed by atoms with E-state index in [9.17, 15) is 9.59 Å². The van der Waals surface area contributed by atoms with Crippen molar-refractivity contribution in [1.82, 2.24) is 19.3 Å². The number of imidazole rings is 1. The zero-order valence-corrected chi connectivity index (χ0v) is 21.7. The van der Waals surface area contributed by atoms with Gasteiger partial charge in [-0.25, -0.2) is 14.8 Å². The van der Waals surface area contributed by atoms with Gasteiger partial charge in [-0.3, -0.25) is 4.79 Å². The molecule has 2 N–H and O–H groups in total. The van der Waals surface area contributed by atoms with E-state index in [1.165, 1.54) is 24.0 Å². The number of nitrogens with one attached hydrogen (secondary N) is 2. The zero-order valence-electron chi connectivity index (χ0n) is 21.7. The van der Waals surface area contributed by atoms with E-state index in [1.807, 2.05) is 32.9 Å². The standard InChI is InChI=1S/C28H34N6O3/c1-28(2,3)37-27(36)34-14-20(15-34)23-10-19(17-4-5-17)13-33-16-22(31-25(23)33)12-30-21-8-9-29-24(11-21)32-26(35)18-6-7-18/h8-11,13,16-18,20H,4-7,12,14-15H2,1-3H3,(H2,29,30,32,35). The Morgan fingerprint density at radius 3 is 2.57 bits per heavy atom. The molecular weight excluding hydrogens is 468 g/mol. The minimum atomic E-state index is -0.495. The van der Waals surface area contributed by atoms with Gasteiger partial charge in [-0.2, -0.15) is 0 Å². The van der Waals surface area contributed by atoms with Gasteiger partial charge in [-0.05, 0) is 70.1 Å². The van der Waals surface area contributed by atoms with E-state index in [1.54, 1.807) is 11.1 Å². The highest BCUT2D eigenvalue weighted by atomic mass is 16.6. The third-order valence-corrected chi connectivity index (χ3v) is 7.11. The van der Waals surface area contributed by atoms with Gasteiger partial charge >= 0.3 is 6.09 Å². The summed E-state index contributed by atoms with van der Waals surface area (Å²) in [6.45, 7) is 7.51. The average molecular weight is 503 g/mol. The Labute approximate surface area is 216 Å². The molecular formula is C28H34N6O3. The first-order valence-corrected chi connectivity index (χ1v) is 13.2. The normalized spacial score (nSPS) is 18.0. The van der Waals surface area contributed by atoms with Crippen LogP contribution in [-0.2, 0) is 16.1 Å². The third kappa shape index (κ3) is 5.40. The van der Waals surface area contributed by atoms with Gasteiger partial charge in [0.25, 0.3) is 0 Å². The molecule has 1 aliphatic heterocycles. The van der Waals surface area contributed by atoms with Crippen LogP contribution in [-0.4, -0.2) is 50.0 Å². The molecule has 9 heteroatoms. The number of anilines is 2. The summed E-state index contributed by atoms with van der Waals surface area (Å²) in [6.07, 6.45) is 10.1. The highest BCUT2D eigenvalue weighted by Crippen LogP contribution is 2.42. The molecule has 194 valence electrons. The first kappa shape index (κ1) is 23.8. The Hall–Kier alpha value is -3.62. The van der Waals surface area contributed by atoms with Crippen LogP contribution in [0.1, 0.15) is 75.1 Å². The second-order valence-corrected chi connectivity index (χ2v) is 11.6. The van der Waals surface area contributed by atoms with Gasteiger partial charge in [-0.1, -0.05) is 0 Å². The maximum atomic E-state index is 12.5. The summed E-state index contributed by atoms with van der Waals surface area (Å²) in [5.74, 6) is 1.61. The third-order valence-electron chi connectivity index (χ3n) is 7.11. The molecule has 2 aliphatic carbocycles. The molecule has 3 aromatic heterocycles. The summed E-state index contributed by atoms with van der Waals surface area (Å²) in [4.78, 5) is 35.5. The molecule has 0 bridgehead atoms. The predicted molar refractivity (Wildman–Crippen MR) is 141 cm³/mol. The van der Waals surface area contributed by atoms with Gasteiger partial charge in [-0.15, -0.1) is 0 Å². The molecule has 2 amide bonds. The summed E-state index contributed by atoms with van der Waals surface area (Å²) in [7, 11) is 0. The summed E-state index contributed by atoms with van der Waals surface area (Å²) >= 11 is 0. The minimum absolute atomic E-state index is 0.0465. The fourth-order valence-electron chi connectivity index (χ4n) is 4.75. The molecule has 3 aromatic rings. The van der Waals surface area contributed by atoms with Crippen LogP contribution in [0.15, 0.2) is 36.8 Å². The van der Waals surface area contributed by atoms with Crippen LogP contribution in [0.2, 0.25) is 0 Å².